The highest BCUT2D eigenvalue weighted by molar-refractivity contribution is 6.05. The van der Waals surface area contributed by atoms with Gasteiger partial charge in [-0.05, 0) is 155 Å². The number of rotatable bonds is 22. The highest BCUT2D eigenvalue weighted by Crippen LogP contribution is 2.45. The van der Waals surface area contributed by atoms with Gasteiger partial charge in [-0.2, -0.15) is 0 Å². The molecule has 3 saturated heterocycles. The van der Waals surface area contributed by atoms with Gasteiger partial charge in [0.1, 0.15) is 52.1 Å². The number of carbonyl (C=O) groups excluding carboxylic acids is 8. The van der Waals surface area contributed by atoms with Crippen molar-refractivity contribution in [3.8, 4) is 34.2 Å². The fourth-order valence-electron chi connectivity index (χ4n) is 21.5. The zero-order valence-corrected chi connectivity index (χ0v) is 78.7. The van der Waals surface area contributed by atoms with E-state index in [9.17, 15) is 68.7 Å². The number of aromatic nitrogens is 9. The van der Waals surface area contributed by atoms with E-state index in [1.165, 1.54) is 57.3 Å². The number of hydrogen-bond donors (Lipinski definition) is 3. The lowest BCUT2D eigenvalue weighted by atomic mass is 9.75. The minimum Gasteiger partial charge on any atom is -0.466 e. The van der Waals surface area contributed by atoms with Crippen LogP contribution in [-0.4, -0.2) is 231 Å². The van der Waals surface area contributed by atoms with E-state index in [-0.39, 0.29) is 171 Å². The smallest absolute Gasteiger partial charge is 0.331 e. The minimum absolute atomic E-state index is 0.0132. The zero-order chi connectivity index (χ0) is 97.5. The van der Waals surface area contributed by atoms with Crippen LogP contribution in [0.1, 0.15) is 191 Å². The van der Waals surface area contributed by atoms with Crippen LogP contribution in [0.25, 0.3) is 65.6 Å². The Bertz CT molecular complexity index is 6140. The molecule has 6 aromatic heterocycles. The number of nitro groups is 3. The summed E-state index contributed by atoms with van der Waals surface area (Å²) in [6.07, 6.45) is 12.6. The molecule has 16 rings (SSSR count). The van der Waals surface area contributed by atoms with Crippen molar-refractivity contribution in [2.45, 2.75) is 178 Å². The summed E-state index contributed by atoms with van der Waals surface area (Å²) < 4.78 is 32.5. The lowest BCUT2D eigenvalue weighted by Gasteiger charge is -2.39. The van der Waals surface area contributed by atoms with Gasteiger partial charge in [0, 0.05) is 145 Å². The Labute approximate surface area is 785 Å². The number of anilines is 3. The summed E-state index contributed by atoms with van der Waals surface area (Å²) in [6, 6.07) is 14.5. The summed E-state index contributed by atoms with van der Waals surface area (Å²) >= 11 is 0. The predicted octanol–water partition coefficient (Wildman–Crippen LogP) is 15.7. The fraction of sp³-hybridized carbons (Fsp3) is 0.542. The summed E-state index contributed by atoms with van der Waals surface area (Å²) in [7, 11) is 0. The summed E-state index contributed by atoms with van der Waals surface area (Å²) in [6.45, 7) is 52.5. The number of ether oxygens (including phenoxy) is 5. The molecule has 7 fully saturated rings. The van der Waals surface area contributed by atoms with Gasteiger partial charge in [-0.3, -0.25) is 83.2 Å². The highest BCUT2D eigenvalue weighted by atomic mass is 16.6. The van der Waals surface area contributed by atoms with Crippen LogP contribution in [0.2, 0.25) is 0 Å². The van der Waals surface area contributed by atoms with Gasteiger partial charge < -0.3 is 53.1 Å². The Hall–Kier alpha value is -14.3. The normalized spacial score (nSPS) is 23.5. The van der Waals surface area contributed by atoms with Crippen LogP contribution in [0, 0.1) is 115 Å². The number of benzene rings is 3. The maximum absolute atomic E-state index is 13.5. The molecule has 3 N–H and O–H groups in total. The highest BCUT2D eigenvalue weighted by Gasteiger charge is 2.44. The van der Waals surface area contributed by atoms with Crippen molar-refractivity contribution >= 4 is 116 Å². The van der Waals surface area contributed by atoms with Crippen molar-refractivity contribution < 1.29 is 76.8 Å². The Balaban J connectivity index is 0.000000164. The quantitative estimate of drug-likeness (QED) is 0.0186. The lowest BCUT2D eigenvalue weighted by molar-refractivity contribution is -0.384. The third-order valence-corrected chi connectivity index (χ3v) is 27.8. The molecule has 3 aliphatic heterocycles. The first kappa shape index (κ1) is 97.8. The summed E-state index contributed by atoms with van der Waals surface area (Å²) in [4.78, 5) is 173. The molecule has 720 valence electrons. The van der Waals surface area contributed by atoms with E-state index in [1.54, 1.807) is 64.9 Å². The first-order valence-electron chi connectivity index (χ1n) is 46.9. The van der Waals surface area contributed by atoms with Crippen molar-refractivity contribution in [3.05, 3.63) is 154 Å². The van der Waals surface area contributed by atoms with Crippen LogP contribution in [0.4, 0.5) is 51.2 Å². The molecule has 3 amide bonds. The molecular weight excluding hydrogens is 1750 g/mol. The van der Waals surface area contributed by atoms with Crippen molar-refractivity contribution in [1.29, 1.82) is 0 Å². The second kappa shape index (κ2) is 42.1. The third kappa shape index (κ3) is 21.1. The molecule has 0 spiro atoms. The maximum atomic E-state index is 13.5. The third-order valence-electron chi connectivity index (χ3n) is 27.8. The van der Waals surface area contributed by atoms with E-state index < -0.39 is 50.5 Å². The molecule has 136 heavy (non-hydrogen) atoms. The lowest BCUT2D eigenvalue weighted by Crippen LogP contribution is -2.52. The SMILES string of the molecule is [C-]#[N+]c1cn2[nH]c(-c3ccc(N4CCN(C(=O)CCC(=O)OCC)CC4)c([N+](=O)[O-])c3)nc2c1C(=O)OC1C(C)CC(C)CC1C.[C-]#[N+]c1cn2[nH]c(-c3ccc(N4CCN(C(=O)[C@H]5CCCC[C@H]5C(=O)OCC)CC4)c([N+](=O)[O-])c3)nc2c1C(=O)OC1C(C)CC(C)CC1C.[C-]#[N+]c1cn2[nH]c(-c3ccc(N4CCN(C(C)=O)CC4)c([N+](=O)[O-])c3)nc2c1C(=O)OC1C(C)CC(C)CC1C. The number of piperazine rings is 3. The predicted molar refractivity (Wildman–Crippen MR) is 501 cm³/mol. The van der Waals surface area contributed by atoms with Crippen LogP contribution >= 0.6 is 0 Å². The molecular formula is C96H117N21O19. The van der Waals surface area contributed by atoms with E-state index in [0.717, 1.165) is 51.4 Å². The molecule has 40 nitrogen and oxygen atoms in total. The molecule has 9 heterocycles. The number of aromatic amines is 3. The molecule has 7 aliphatic rings. The van der Waals surface area contributed by atoms with Gasteiger partial charge in [-0.15, -0.1) is 0 Å². The van der Waals surface area contributed by atoms with Crippen LogP contribution in [-0.2, 0) is 47.7 Å². The van der Waals surface area contributed by atoms with Crippen molar-refractivity contribution in [3.63, 3.8) is 0 Å². The number of carbonyl (C=O) groups is 8. The van der Waals surface area contributed by atoms with Crippen LogP contribution in [0.15, 0.2) is 73.2 Å². The molecule has 4 aliphatic carbocycles. The number of fused-ring (bicyclic) bond motifs is 3. The number of nitro benzene ring substituents is 3. The minimum atomic E-state index is -0.607. The van der Waals surface area contributed by atoms with Gasteiger partial charge in [0.15, 0.2) is 34.4 Å². The van der Waals surface area contributed by atoms with Crippen LogP contribution in [0.5, 0.6) is 0 Å². The molecule has 3 aromatic carbocycles. The number of nitrogens with zero attached hydrogens (tertiary/aromatic N) is 18. The molecule has 9 aromatic rings. The van der Waals surface area contributed by atoms with Gasteiger partial charge in [0.2, 0.25) is 34.8 Å². The fourth-order valence-corrected chi connectivity index (χ4v) is 21.5. The molecule has 0 radical (unpaired) electrons. The van der Waals surface area contributed by atoms with Gasteiger partial charge in [0.25, 0.3) is 17.1 Å². The largest absolute Gasteiger partial charge is 0.466 e. The Kier molecular flexibility index (Phi) is 30.3. The van der Waals surface area contributed by atoms with E-state index in [4.69, 9.17) is 43.4 Å². The van der Waals surface area contributed by atoms with Gasteiger partial charge in [-0.25, -0.2) is 43.9 Å². The van der Waals surface area contributed by atoms with Crippen molar-refractivity contribution in [2.75, 3.05) is 106 Å². The monoisotopic (exact) mass is 1870 g/mol. The number of hydrogen-bond acceptors (Lipinski definition) is 25. The molecule has 6 unspecified atom stereocenters. The average Bonchev–Trinajstić information content (AvgIpc) is 1.70. The first-order valence-corrected chi connectivity index (χ1v) is 46.9. The number of nitrogens with one attached hydrogen (secondary N) is 3. The van der Waals surface area contributed by atoms with Crippen LogP contribution in [0.3, 0.4) is 0 Å². The molecule has 40 heteroatoms. The Morgan fingerprint density at radius 1 is 0.426 bits per heavy atom. The second-order valence-corrected chi connectivity index (χ2v) is 37.6. The van der Waals surface area contributed by atoms with Gasteiger partial charge >= 0.3 is 29.8 Å². The van der Waals surface area contributed by atoms with Gasteiger partial charge in [0.05, 0.1) is 66.0 Å². The summed E-state index contributed by atoms with van der Waals surface area (Å²) in [5, 5.41) is 45.7. The van der Waals surface area contributed by atoms with Gasteiger partial charge in [-0.1, -0.05) is 75.2 Å². The Morgan fingerprint density at radius 3 is 1.04 bits per heavy atom. The summed E-state index contributed by atoms with van der Waals surface area (Å²) in [5.41, 5.74) is 3.57. The van der Waals surface area contributed by atoms with E-state index in [1.807, 2.05) is 14.7 Å². The topological polar surface area (TPSA) is 444 Å². The first-order chi connectivity index (χ1) is 65.1. The van der Waals surface area contributed by atoms with E-state index >= 15 is 0 Å². The zero-order valence-electron chi connectivity index (χ0n) is 78.7. The maximum Gasteiger partial charge on any atom is 0.331 e. The second-order valence-electron chi connectivity index (χ2n) is 37.6. The number of esters is 5. The van der Waals surface area contributed by atoms with E-state index in [0.29, 0.717) is 160 Å². The van der Waals surface area contributed by atoms with E-state index in [2.05, 4.69) is 107 Å². The summed E-state index contributed by atoms with van der Waals surface area (Å²) in [5.74, 6) is 0.146. The number of H-pyrrole nitrogens is 3. The van der Waals surface area contributed by atoms with Crippen molar-refractivity contribution in [2.24, 2.45) is 65.1 Å². The van der Waals surface area contributed by atoms with Crippen molar-refractivity contribution in [1.82, 2.24) is 58.5 Å². The van der Waals surface area contributed by atoms with Crippen LogP contribution < -0.4 is 14.7 Å². The molecule has 8 atom stereocenters. The molecule has 4 saturated carbocycles. The molecule has 0 bridgehead atoms. The average molecular weight is 1870 g/mol. The standard InChI is InChI=1S/C36H45N7O7.C32H39N7O7.C28H33N7O5/c1-6-49-35(45)26-10-8-7-9-25(26)34(44)41-15-13-40(14-16-41)28-12-11-24(19-29(28)43(47)48)32-38-33-30(27(37-5)20-42(33)39-32)36(46)50-31-22(3)17-21(2)18-23(31)4;1-6-45-27(41)10-9-26(40)37-13-11-36(12-14-37)24-8-7-22(17-25(24)39(43)44)30-34-31-28(23(33-5)18-38(31)35-30)32(42)46-29-20(3)15-19(2)16-21(29)4;1-16-12-17(2)25(18(3)13-16)40-28(37)24-21(29-5)15-34-27(24)30-26(31-34)20-6-7-22(23(14-20)35(38)39)33-10-8-32(9-11-33)19(4)36/h11-12,19-23,25-26,31H,6-10,13-18H2,1-4H3,(H,38,39);7-8,17-21,29H,6,9-16H2,1-4H3,(H,34,35);6-7,14-18,25H,8-13H2,1-4H3,(H,30,31)/t21?,22?,23?,25-,26+,31?;;/m0../s1. The Morgan fingerprint density at radius 2 is 0.735 bits per heavy atom. The number of amides is 3.